The summed E-state index contributed by atoms with van der Waals surface area (Å²) in [6, 6.07) is 10.9. The standard InChI is InChI=1S/C14H12BrNO3/c15-11-1-4-13(5-2-11)18-7-8-19-14-6-3-12(10-17)16-9-14/h1-6,9-10H,7-8H2. The van der Waals surface area contributed by atoms with Gasteiger partial charge in [-0.2, -0.15) is 0 Å². The molecule has 1 heterocycles. The molecule has 4 nitrogen and oxygen atoms in total. The molecular weight excluding hydrogens is 310 g/mol. The van der Waals surface area contributed by atoms with Gasteiger partial charge in [0.25, 0.3) is 0 Å². The van der Waals surface area contributed by atoms with E-state index in [0.717, 1.165) is 10.2 Å². The molecule has 0 aliphatic rings. The average Bonchev–Trinajstić information content (AvgIpc) is 2.46. The number of aldehydes is 1. The van der Waals surface area contributed by atoms with Crippen molar-refractivity contribution in [3.05, 3.63) is 52.8 Å². The number of aromatic nitrogens is 1. The zero-order valence-corrected chi connectivity index (χ0v) is 11.7. The molecule has 1 aromatic carbocycles. The third kappa shape index (κ3) is 4.37. The summed E-state index contributed by atoms with van der Waals surface area (Å²) in [5.74, 6) is 1.41. The highest BCUT2D eigenvalue weighted by Gasteiger charge is 1.97. The van der Waals surface area contributed by atoms with Crippen LogP contribution in [0.1, 0.15) is 10.5 Å². The molecule has 0 spiro atoms. The molecular formula is C14H12BrNO3. The second-order valence-corrected chi connectivity index (χ2v) is 4.60. The van der Waals surface area contributed by atoms with E-state index in [1.54, 1.807) is 12.1 Å². The van der Waals surface area contributed by atoms with Crippen molar-refractivity contribution in [2.24, 2.45) is 0 Å². The molecule has 19 heavy (non-hydrogen) atoms. The maximum absolute atomic E-state index is 10.4. The summed E-state index contributed by atoms with van der Waals surface area (Å²) in [5.41, 5.74) is 0.387. The third-order valence-electron chi connectivity index (χ3n) is 2.31. The Morgan fingerprint density at radius 3 is 2.21 bits per heavy atom. The van der Waals surface area contributed by atoms with Gasteiger partial charge in [0.05, 0.1) is 6.20 Å². The van der Waals surface area contributed by atoms with Crippen molar-refractivity contribution in [2.45, 2.75) is 0 Å². The zero-order chi connectivity index (χ0) is 13.5. The third-order valence-corrected chi connectivity index (χ3v) is 2.84. The Balaban J connectivity index is 1.74. The summed E-state index contributed by atoms with van der Waals surface area (Å²) in [6.45, 7) is 0.856. The molecule has 0 saturated heterocycles. The second-order valence-electron chi connectivity index (χ2n) is 3.69. The number of hydrogen-bond acceptors (Lipinski definition) is 4. The number of halogens is 1. The lowest BCUT2D eigenvalue weighted by Crippen LogP contribution is -2.09. The van der Waals surface area contributed by atoms with E-state index in [1.165, 1.54) is 6.20 Å². The van der Waals surface area contributed by atoms with Gasteiger partial charge in [0.1, 0.15) is 30.4 Å². The van der Waals surface area contributed by atoms with Crippen molar-refractivity contribution in [1.29, 1.82) is 0 Å². The summed E-state index contributed by atoms with van der Waals surface area (Å²) in [7, 11) is 0. The van der Waals surface area contributed by atoms with Gasteiger partial charge < -0.3 is 9.47 Å². The highest BCUT2D eigenvalue weighted by molar-refractivity contribution is 9.10. The van der Waals surface area contributed by atoms with Crippen LogP contribution in [0.2, 0.25) is 0 Å². The Morgan fingerprint density at radius 1 is 1.00 bits per heavy atom. The number of benzene rings is 1. The molecule has 0 fully saturated rings. The monoisotopic (exact) mass is 321 g/mol. The summed E-state index contributed by atoms with van der Waals surface area (Å²) in [5, 5.41) is 0. The molecule has 0 unspecified atom stereocenters. The minimum atomic E-state index is 0.387. The number of rotatable bonds is 6. The van der Waals surface area contributed by atoms with E-state index in [-0.39, 0.29) is 0 Å². The number of pyridine rings is 1. The van der Waals surface area contributed by atoms with Crippen molar-refractivity contribution in [2.75, 3.05) is 13.2 Å². The van der Waals surface area contributed by atoms with Crippen molar-refractivity contribution < 1.29 is 14.3 Å². The fourth-order valence-electron chi connectivity index (χ4n) is 1.40. The molecule has 0 radical (unpaired) electrons. The van der Waals surface area contributed by atoms with Gasteiger partial charge in [0.15, 0.2) is 6.29 Å². The lowest BCUT2D eigenvalue weighted by molar-refractivity contribution is 0.111. The Morgan fingerprint density at radius 2 is 1.63 bits per heavy atom. The first-order valence-corrected chi connectivity index (χ1v) is 6.49. The topological polar surface area (TPSA) is 48.4 Å². The molecule has 0 aliphatic heterocycles. The minimum absolute atomic E-state index is 0.387. The summed E-state index contributed by atoms with van der Waals surface area (Å²) >= 11 is 3.36. The Kier molecular flexibility index (Phi) is 4.92. The summed E-state index contributed by atoms with van der Waals surface area (Å²) < 4.78 is 12.0. The van der Waals surface area contributed by atoms with Crippen molar-refractivity contribution in [3.63, 3.8) is 0 Å². The quantitative estimate of drug-likeness (QED) is 0.606. The molecule has 98 valence electrons. The summed E-state index contributed by atoms with van der Waals surface area (Å²) in [6.07, 6.45) is 2.21. The number of carbonyl (C=O) groups is 1. The van der Waals surface area contributed by atoms with E-state index in [4.69, 9.17) is 9.47 Å². The maximum Gasteiger partial charge on any atom is 0.168 e. The van der Waals surface area contributed by atoms with Crippen molar-refractivity contribution in [3.8, 4) is 11.5 Å². The molecule has 2 aromatic rings. The Bertz CT molecular complexity index is 525. The molecule has 0 atom stereocenters. The Labute approximate surface area is 119 Å². The number of carbonyl (C=O) groups excluding carboxylic acids is 1. The van der Waals surface area contributed by atoms with Gasteiger partial charge in [-0.15, -0.1) is 0 Å². The van der Waals surface area contributed by atoms with Crippen molar-refractivity contribution >= 4 is 22.2 Å². The lowest BCUT2D eigenvalue weighted by Gasteiger charge is -2.08. The van der Waals surface area contributed by atoms with Gasteiger partial charge in [0.2, 0.25) is 0 Å². The largest absolute Gasteiger partial charge is 0.490 e. The van der Waals surface area contributed by atoms with E-state index in [1.807, 2.05) is 24.3 Å². The van der Waals surface area contributed by atoms with Crippen LogP contribution in [0, 0.1) is 0 Å². The van der Waals surface area contributed by atoms with Crippen LogP contribution in [0.25, 0.3) is 0 Å². The predicted octanol–water partition coefficient (Wildman–Crippen LogP) is 3.11. The highest BCUT2D eigenvalue weighted by atomic mass is 79.9. The van der Waals surface area contributed by atoms with E-state index < -0.39 is 0 Å². The van der Waals surface area contributed by atoms with Gasteiger partial charge in [-0.3, -0.25) is 4.79 Å². The van der Waals surface area contributed by atoms with Crippen LogP contribution in [0.4, 0.5) is 0 Å². The van der Waals surface area contributed by atoms with Crippen LogP contribution in [0.3, 0.4) is 0 Å². The normalized spacial score (nSPS) is 9.95. The molecule has 0 bridgehead atoms. The van der Waals surface area contributed by atoms with Crippen LogP contribution in [0.15, 0.2) is 47.1 Å². The first-order valence-electron chi connectivity index (χ1n) is 5.70. The lowest BCUT2D eigenvalue weighted by atomic mass is 10.3. The molecule has 5 heteroatoms. The van der Waals surface area contributed by atoms with E-state index in [2.05, 4.69) is 20.9 Å². The molecule has 0 N–H and O–H groups in total. The second kappa shape index (κ2) is 6.89. The van der Waals surface area contributed by atoms with Crippen LogP contribution < -0.4 is 9.47 Å². The number of ether oxygens (including phenoxy) is 2. The molecule has 0 amide bonds. The van der Waals surface area contributed by atoms with Crippen molar-refractivity contribution in [1.82, 2.24) is 4.98 Å². The highest BCUT2D eigenvalue weighted by Crippen LogP contribution is 2.16. The number of hydrogen-bond donors (Lipinski definition) is 0. The fraction of sp³-hybridized carbons (Fsp3) is 0.143. The SMILES string of the molecule is O=Cc1ccc(OCCOc2ccc(Br)cc2)cn1. The predicted molar refractivity (Wildman–Crippen MR) is 74.8 cm³/mol. The summed E-state index contributed by atoms with van der Waals surface area (Å²) in [4.78, 5) is 14.3. The smallest absolute Gasteiger partial charge is 0.168 e. The maximum atomic E-state index is 10.4. The molecule has 2 rings (SSSR count). The van der Waals surface area contributed by atoms with Crippen LogP contribution in [-0.2, 0) is 0 Å². The number of nitrogens with zero attached hydrogens (tertiary/aromatic N) is 1. The van der Waals surface area contributed by atoms with Gasteiger partial charge in [-0.25, -0.2) is 4.98 Å². The van der Waals surface area contributed by atoms with E-state index in [0.29, 0.717) is 30.9 Å². The minimum Gasteiger partial charge on any atom is -0.490 e. The van der Waals surface area contributed by atoms with Gasteiger partial charge in [-0.1, -0.05) is 15.9 Å². The first kappa shape index (κ1) is 13.5. The van der Waals surface area contributed by atoms with E-state index >= 15 is 0 Å². The van der Waals surface area contributed by atoms with E-state index in [9.17, 15) is 4.79 Å². The van der Waals surface area contributed by atoms with Crippen LogP contribution in [0.5, 0.6) is 11.5 Å². The van der Waals surface area contributed by atoms with Crippen LogP contribution >= 0.6 is 15.9 Å². The van der Waals surface area contributed by atoms with Gasteiger partial charge in [-0.05, 0) is 36.4 Å². The molecule has 1 aromatic heterocycles. The van der Waals surface area contributed by atoms with Gasteiger partial charge >= 0.3 is 0 Å². The van der Waals surface area contributed by atoms with Crippen LogP contribution in [-0.4, -0.2) is 24.5 Å². The fourth-order valence-corrected chi connectivity index (χ4v) is 1.66. The average molecular weight is 322 g/mol. The zero-order valence-electron chi connectivity index (χ0n) is 10.1. The van der Waals surface area contributed by atoms with Gasteiger partial charge in [0, 0.05) is 4.47 Å². The molecule has 0 saturated carbocycles. The first-order chi connectivity index (χ1) is 9.28. The molecule has 0 aliphatic carbocycles. The Hall–Kier alpha value is -1.88.